The molecule has 0 saturated carbocycles. The second-order valence-electron chi connectivity index (χ2n) is 3.40. The maximum atomic E-state index is 11.8. The zero-order valence-electron chi connectivity index (χ0n) is 9.97. The molecule has 0 atom stereocenters. The van der Waals surface area contributed by atoms with Crippen molar-refractivity contribution in [3.05, 3.63) is 29.8 Å². The van der Waals surface area contributed by atoms with Crippen molar-refractivity contribution in [2.24, 2.45) is 0 Å². The number of amides is 1. The van der Waals surface area contributed by atoms with Crippen LogP contribution in [0.5, 0.6) is 0 Å². The Morgan fingerprint density at radius 1 is 1.33 bits per heavy atom. The van der Waals surface area contributed by atoms with E-state index in [1.165, 1.54) is 32.2 Å². The summed E-state index contributed by atoms with van der Waals surface area (Å²) in [4.78, 5) is 22.2. The van der Waals surface area contributed by atoms with Crippen molar-refractivity contribution in [1.29, 1.82) is 0 Å². The third-order valence-corrected chi connectivity index (χ3v) is 3.51. The van der Waals surface area contributed by atoms with Crippen LogP contribution in [0.25, 0.3) is 0 Å². The molecule has 1 amide bonds. The van der Waals surface area contributed by atoms with Crippen LogP contribution in [-0.2, 0) is 19.6 Å². The van der Waals surface area contributed by atoms with Crippen LogP contribution in [0.15, 0.2) is 29.2 Å². The van der Waals surface area contributed by atoms with Crippen molar-refractivity contribution < 1.29 is 22.7 Å². The highest BCUT2D eigenvalue weighted by molar-refractivity contribution is 7.90. The molecule has 1 rings (SSSR count). The number of ether oxygens (including phenoxy) is 1. The smallest absolute Gasteiger partial charge is 0.337 e. The van der Waals surface area contributed by atoms with Gasteiger partial charge >= 0.3 is 5.97 Å². The molecule has 0 aliphatic carbocycles. The van der Waals surface area contributed by atoms with Crippen molar-refractivity contribution >= 4 is 21.9 Å². The van der Waals surface area contributed by atoms with Crippen molar-refractivity contribution in [2.75, 3.05) is 7.11 Å². The highest BCUT2D eigenvalue weighted by Gasteiger charge is 2.18. The second kappa shape index (κ2) is 5.63. The zero-order valence-corrected chi connectivity index (χ0v) is 10.8. The molecule has 18 heavy (non-hydrogen) atoms. The molecule has 7 heteroatoms. The number of carbonyl (C=O) groups excluding carboxylic acids is 2. The predicted octanol–water partition coefficient (Wildman–Crippen LogP) is 0.688. The van der Waals surface area contributed by atoms with E-state index in [2.05, 4.69) is 4.74 Å². The number of hydrogen-bond acceptors (Lipinski definition) is 5. The summed E-state index contributed by atoms with van der Waals surface area (Å²) in [5.41, 5.74) is 0.101. The van der Waals surface area contributed by atoms with Crippen LogP contribution >= 0.6 is 0 Å². The number of rotatable bonds is 4. The highest BCUT2D eigenvalue weighted by atomic mass is 32.2. The van der Waals surface area contributed by atoms with Crippen molar-refractivity contribution in [1.82, 2.24) is 4.72 Å². The first-order chi connectivity index (χ1) is 8.40. The molecule has 0 aliphatic rings. The van der Waals surface area contributed by atoms with E-state index in [1.54, 1.807) is 0 Å². The molecule has 0 spiro atoms. The SMILES string of the molecule is CCC(=O)NS(=O)(=O)c1cccc(C(=O)OC)c1. The molecular weight excluding hydrogens is 258 g/mol. The van der Waals surface area contributed by atoms with Gasteiger partial charge in [-0.3, -0.25) is 4.79 Å². The molecule has 1 N–H and O–H groups in total. The average Bonchev–Trinajstić information content (AvgIpc) is 2.37. The first-order valence-corrected chi connectivity index (χ1v) is 6.63. The van der Waals surface area contributed by atoms with Gasteiger partial charge in [-0.15, -0.1) is 0 Å². The maximum absolute atomic E-state index is 11.8. The Bertz CT molecular complexity index is 565. The Balaban J connectivity index is 3.10. The van der Waals surface area contributed by atoms with Crippen LogP contribution in [0.4, 0.5) is 0 Å². The maximum Gasteiger partial charge on any atom is 0.337 e. The van der Waals surface area contributed by atoms with Gasteiger partial charge in [0.15, 0.2) is 0 Å². The molecular formula is C11H13NO5S. The number of methoxy groups -OCH3 is 1. The molecule has 0 saturated heterocycles. The third kappa shape index (κ3) is 3.30. The normalized spacial score (nSPS) is 10.8. The van der Waals surface area contributed by atoms with Crippen LogP contribution in [0, 0.1) is 0 Å². The van der Waals surface area contributed by atoms with E-state index >= 15 is 0 Å². The lowest BCUT2D eigenvalue weighted by atomic mass is 10.2. The molecule has 0 unspecified atom stereocenters. The molecule has 6 nitrogen and oxygen atoms in total. The molecule has 1 aromatic rings. The van der Waals surface area contributed by atoms with Crippen LogP contribution in [-0.4, -0.2) is 27.4 Å². The molecule has 0 aromatic heterocycles. The first-order valence-electron chi connectivity index (χ1n) is 5.14. The summed E-state index contributed by atoms with van der Waals surface area (Å²) in [6.45, 7) is 1.54. The third-order valence-electron chi connectivity index (χ3n) is 2.13. The largest absolute Gasteiger partial charge is 0.465 e. The van der Waals surface area contributed by atoms with E-state index in [0.717, 1.165) is 6.07 Å². The number of esters is 1. The molecule has 98 valence electrons. The molecule has 0 radical (unpaired) electrons. The lowest BCUT2D eigenvalue weighted by Gasteiger charge is -2.06. The Labute approximate surface area is 105 Å². The number of hydrogen-bond donors (Lipinski definition) is 1. The number of sulfonamides is 1. The summed E-state index contributed by atoms with van der Waals surface area (Å²) in [6.07, 6.45) is 0.0515. The van der Waals surface area contributed by atoms with Gasteiger partial charge in [0.25, 0.3) is 10.0 Å². The minimum Gasteiger partial charge on any atom is -0.465 e. The summed E-state index contributed by atoms with van der Waals surface area (Å²) in [6, 6.07) is 5.26. The van der Waals surface area contributed by atoms with Crippen molar-refractivity contribution in [2.45, 2.75) is 18.2 Å². The summed E-state index contributed by atoms with van der Waals surface area (Å²) < 4.78 is 29.9. The molecule has 0 heterocycles. The van der Waals surface area contributed by atoms with E-state index < -0.39 is 21.9 Å². The number of nitrogens with one attached hydrogen (secondary N) is 1. The molecule has 1 aromatic carbocycles. The van der Waals surface area contributed by atoms with Gasteiger partial charge in [-0.2, -0.15) is 0 Å². The van der Waals surface area contributed by atoms with Gasteiger partial charge in [-0.1, -0.05) is 13.0 Å². The summed E-state index contributed by atoms with van der Waals surface area (Å²) in [5, 5.41) is 0. The quantitative estimate of drug-likeness (QED) is 0.814. The molecule has 0 aliphatic heterocycles. The second-order valence-corrected chi connectivity index (χ2v) is 5.08. The minimum atomic E-state index is -3.94. The minimum absolute atomic E-state index is 0.0515. The standard InChI is InChI=1S/C11H13NO5S/c1-3-10(13)12-18(15,16)9-6-4-5-8(7-9)11(14)17-2/h4-7H,3H2,1-2H3,(H,12,13). The van der Waals surface area contributed by atoms with Crippen LogP contribution in [0.2, 0.25) is 0 Å². The first kappa shape index (κ1) is 14.2. The fraction of sp³-hybridized carbons (Fsp3) is 0.273. The molecule has 0 fully saturated rings. The van der Waals surface area contributed by atoms with Gasteiger partial charge in [-0.05, 0) is 18.2 Å². The van der Waals surface area contributed by atoms with E-state index in [0.29, 0.717) is 0 Å². The Hall–Kier alpha value is -1.89. The zero-order chi connectivity index (χ0) is 13.8. The van der Waals surface area contributed by atoms with Gasteiger partial charge in [0.1, 0.15) is 0 Å². The van der Waals surface area contributed by atoms with E-state index in [-0.39, 0.29) is 16.9 Å². The lowest BCUT2D eigenvalue weighted by molar-refractivity contribution is -0.119. The Morgan fingerprint density at radius 2 is 2.00 bits per heavy atom. The van der Waals surface area contributed by atoms with Gasteiger partial charge in [0, 0.05) is 6.42 Å². The topological polar surface area (TPSA) is 89.5 Å². The highest BCUT2D eigenvalue weighted by Crippen LogP contribution is 2.12. The van der Waals surface area contributed by atoms with Gasteiger partial charge in [0.2, 0.25) is 5.91 Å². The summed E-state index contributed by atoms with van der Waals surface area (Å²) in [7, 11) is -2.75. The van der Waals surface area contributed by atoms with Crippen molar-refractivity contribution in [3.8, 4) is 0 Å². The fourth-order valence-corrected chi connectivity index (χ4v) is 2.29. The van der Waals surface area contributed by atoms with Gasteiger partial charge in [-0.25, -0.2) is 17.9 Å². The molecule has 0 bridgehead atoms. The van der Waals surface area contributed by atoms with Crippen molar-refractivity contribution in [3.63, 3.8) is 0 Å². The average molecular weight is 271 g/mol. The Morgan fingerprint density at radius 3 is 2.56 bits per heavy atom. The van der Waals surface area contributed by atoms with Crippen LogP contribution in [0.1, 0.15) is 23.7 Å². The number of benzene rings is 1. The monoisotopic (exact) mass is 271 g/mol. The lowest BCUT2D eigenvalue weighted by Crippen LogP contribution is -2.29. The van der Waals surface area contributed by atoms with E-state index in [1.807, 2.05) is 4.72 Å². The fourth-order valence-electron chi connectivity index (χ4n) is 1.19. The van der Waals surface area contributed by atoms with Crippen LogP contribution in [0.3, 0.4) is 0 Å². The van der Waals surface area contributed by atoms with Gasteiger partial charge < -0.3 is 4.74 Å². The predicted molar refractivity (Wildman–Crippen MR) is 63.4 cm³/mol. The van der Waals surface area contributed by atoms with Crippen LogP contribution < -0.4 is 4.72 Å². The van der Waals surface area contributed by atoms with Gasteiger partial charge in [0.05, 0.1) is 17.6 Å². The van der Waals surface area contributed by atoms with E-state index in [9.17, 15) is 18.0 Å². The summed E-state index contributed by atoms with van der Waals surface area (Å²) in [5.74, 6) is -1.26. The number of carbonyl (C=O) groups is 2. The summed E-state index contributed by atoms with van der Waals surface area (Å²) >= 11 is 0. The van der Waals surface area contributed by atoms with E-state index in [4.69, 9.17) is 0 Å². The Kier molecular flexibility index (Phi) is 4.43.